The van der Waals surface area contributed by atoms with Crippen molar-refractivity contribution in [2.45, 2.75) is 42.8 Å². The Morgan fingerprint density at radius 2 is 2.27 bits per heavy atom. The van der Waals surface area contributed by atoms with Crippen LogP contribution in [0.3, 0.4) is 0 Å². The Morgan fingerprint density at radius 3 is 3.09 bits per heavy atom. The van der Waals surface area contributed by atoms with Crippen LogP contribution in [0.1, 0.15) is 30.4 Å². The van der Waals surface area contributed by atoms with Crippen LogP contribution in [0.4, 0.5) is 0 Å². The van der Waals surface area contributed by atoms with Crippen LogP contribution in [0.2, 0.25) is 0 Å². The summed E-state index contributed by atoms with van der Waals surface area (Å²) in [4.78, 5) is 12.5. The highest BCUT2D eigenvalue weighted by molar-refractivity contribution is 5.98. The van der Waals surface area contributed by atoms with Crippen LogP contribution in [0.5, 0.6) is 11.5 Å². The van der Waals surface area contributed by atoms with Crippen LogP contribution in [0, 0.1) is 5.92 Å². The zero-order valence-electron chi connectivity index (χ0n) is 12.5. The van der Waals surface area contributed by atoms with Crippen molar-refractivity contribution in [3.8, 4) is 11.5 Å². The first-order valence-corrected chi connectivity index (χ1v) is 7.94. The van der Waals surface area contributed by atoms with Crippen molar-refractivity contribution in [1.82, 2.24) is 0 Å². The van der Waals surface area contributed by atoms with E-state index >= 15 is 0 Å². The van der Waals surface area contributed by atoms with Crippen LogP contribution in [-0.2, 0) is 16.6 Å². The lowest BCUT2D eigenvalue weighted by molar-refractivity contribution is -0.144. The molecule has 1 aromatic rings. The van der Waals surface area contributed by atoms with Gasteiger partial charge in [0, 0.05) is 5.56 Å². The summed E-state index contributed by atoms with van der Waals surface area (Å²) in [6.07, 6.45) is 6.28. The van der Waals surface area contributed by atoms with Crippen molar-refractivity contribution >= 4 is 5.78 Å². The summed E-state index contributed by atoms with van der Waals surface area (Å²) in [6, 6.07) is 3.99. The van der Waals surface area contributed by atoms with E-state index in [0.29, 0.717) is 11.5 Å². The van der Waals surface area contributed by atoms with Crippen molar-refractivity contribution in [2.24, 2.45) is 5.92 Å². The molecule has 5 rings (SSSR count). The molecule has 4 nitrogen and oxygen atoms in total. The van der Waals surface area contributed by atoms with E-state index in [1.165, 1.54) is 11.6 Å². The van der Waals surface area contributed by atoms with Crippen LogP contribution in [-0.4, -0.2) is 29.7 Å². The molecule has 1 heterocycles. The van der Waals surface area contributed by atoms with E-state index in [0.717, 1.165) is 31.2 Å². The highest BCUT2D eigenvalue weighted by Gasteiger charge is 2.70. The lowest BCUT2D eigenvalue weighted by Gasteiger charge is -2.57. The number of ether oxygens (including phenoxy) is 2. The third kappa shape index (κ3) is 1.12. The second-order valence-corrected chi connectivity index (χ2v) is 6.95. The molecule has 0 saturated heterocycles. The molecule has 2 bridgehead atoms. The fourth-order valence-electron chi connectivity index (χ4n) is 5.37. The average molecular weight is 298 g/mol. The molecule has 0 amide bonds. The van der Waals surface area contributed by atoms with E-state index in [-0.39, 0.29) is 11.7 Å². The number of hydrogen-bond acceptors (Lipinski definition) is 4. The molecular weight excluding hydrogens is 280 g/mol. The molecule has 1 aromatic carbocycles. The molecule has 0 aromatic heterocycles. The Kier molecular flexibility index (Phi) is 2.16. The maximum absolute atomic E-state index is 12.5. The average Bonchev–Trinajstić information content (AvgIpc) is 2.85. The number of rotatable bonds is 1. The Bertz CT molecular complexity index is 737. The SMILES string of the molecule is COc1ccc2c3c1O[C@H]1C(=O)C=CC4(O)[C@H](CCC[C@]314)C2. The van der Waals surface area contributed by atoms with Crippen molar-refractivity contribution in [3.05, 3.63) is 35.4 Å². The minimum atomic E-state index is -0.978. The maximum atomic E-state index is 12.5. The summed E-state index contributed by atoms with van der Waals surface area (Å²) >= 11 is 0. The van der Waals surface area contributed by atoms with Gasteiger partial charge in [-0.15, -0.1) is 0 Å². The zero-order chi connectivity index (χ0) is 15.1. The van der Waals surface area contributed by atoms with Crippen LogP contribution >= 0.6 is 0 Å². The monoisotopic (exact) mass is 298 g/mol. The molecule has 1 spiro atoms. The van der Waals surface area contributed by atoms with Gasteiger partial charge in [-0.25, -0.2) is 0 Å². The Labute approximate surface area is 128 Å². The topological polar surface area (TPSA) is 55.8 Å². The van der Waals surface area contributed by atoms with Crippen LogP contribution < -0.4 is 9.47 Å². The van der Waals surface area contributed by atoms with Crippen molar-refractivity contribution in [3.63, 3.8) is 0 Å². The Hall–Kier alpha value is -1.81. The van der Waals surface area contributed by atoms with E-state index in [4.69, 9.17) is 9.47 Å². The number of hydrogen-bond donors (Lipinski definition) is 1. The highest BCUT2D eigenvalue weighted by atomic mass is 16.5. The van der Waals surface area contributed by atoms with Crippen molar-refractivity contribution in [1.29, 1.82) is 0 Å². The standard InChI is InChI=1S/C18H18O4/c1-21-13-5-4-10-9-11-3-2-7-17-14(10)15(13)22-16(17)12(19)6-8-18(11,17)20/h4-6,8,11,16,20H,2-3,7,9H2,1H3/t11-,16+,17+,18?/m1/s1. The number of ketones is 1. The number of methoxy groups -OCH3 is 1. The maximum Gasteiger partial charge on any atom is 0.196 e. The quantitative estimate of drug-likeness (QED) is 0.860. The highest BCUT2D eigenvalue weighted by Crippen LogP contribution is 2.65. The molecule has 3 aliphatic carbocycles. The summed E-state index contributed by atoms with van der Waals surface area (Å²) in [7, 11) is 1.61. The van der Waals surface area contributed by atoms with Gasteiger partial charge in [-0.2, -0.15) is 0 Å². The fourth-order valence-corrected chi connectivity index (χ4v) is 5.37. The first kappa shape index (κ1) is 12.7. The molecular formula is C18H18O4. The predicted octanol–water partition coefficient (Wildman–Crippen LogP) is 1.92. The zero-order valence-corrected chi connectivity index (χ0v) is 12.5. The number of aliphatic hydroxyl groups is 1. The molecule has 1 saturated carbocycles. The molecule has 114 valence electrons. The van der Waals surface area contributed by atoms with Crippen LogP contribution in [0.15, 0.2) is 24.3 Å². The van der Waals surface area contributed by atoms with Gasteiger partial charge in [0.1, 0.15) is 5.60 Å². The van der Waals surface area contributed by atoms with Gasteiger partial charge in [0.05, 0.1) is 12.5 Å². The first-order valence-electron chi connectivity index (χ1n) is 7.94. The normalized spacial score (nSPS) is 40.2. The largest absolute Gasteiger partial charge is 0.493 e. The molecule has 1 unspecified atom stereocenters. The molecule has 4 atom stereocenters. The minimum absolute atomic E-state index is 0.0450. The second kappa shape index (κ2) is 3.74. The third-order valence-corrected chi connectivity index (χ3v) is 6.24. The lowest BCUT2D eigenvalue weighted by atomic mass is 9.47. The molecule has 0 radical (unpaired) electrons. The third-order valence-electron chi connectivity index (χ3n) is 6.24. The summed E-state index contributed by atoms with van der Waals surface area (Å²) in [5, 5.41) is 11.5. The van der Waals surface area contributed by atoms with Gasteiger partial charge in [-0.1, -0.05) is 12.5 Å². The smallest absolute Gasteiger partial charge is 0.196 e. The van der Waals surface area contributed by atoms with E-state index < -0.39 is 17.1 Å². The van der Waals surface area contributed by atoms with Gasteiger partial charge < -0.3 is 14.6 Å². The molecule has 4 heteroatoms. The van der Waals surface area contributed by atoms with Crippen LogP contribution in [0.25, 0.3) is 0 Å². The van der Waals surface area contributed by atoms with Gasteiger partial charge >= 0.3 is 0 Å². The van der Waals surface area contributed by atoms with Crippen molar-refractivity contribution in [2.75, 3.05) is 7.11 Å². The summed E-state index contributed by atoms with van der Waals surface area (Å²) < 4.78 is 11.5. The van der Waals surface area contributed by atoms with E-state index in [9.17, 15) is 9.90 Å². The first-order chi connectivity index (χ1) is 10.6. The van der Waals surface area contributed by atoms with Gasteiger partial charge in [0.25, 0.3) is 0 Å². The number of carbonyl (C=O) groups is 1. The van der Waals surface area contributed by atoms with Gasteiger partial charge in [0.2, 0.25) is 0 Å². The second-order valence-electron chi connectivity index (χ2n) is 6.95. The van der Waals surface area contributed by atoms with E-state index in [1.807, 2.05) is 6.07 Å². The minimum Gasteiger partial charge on any atom is -0.493 e. The van der Waals surface area contributed by atoms with E-state index in [2.05, 4.69) is 6.07 Å². The number of benzene rings is 1. The molecule has 22 heavy (non-hydrogen) atoms. The fraction of sp³-hybridized carbons (Fsp3) is 0.500. The summed E-state index contributed by atoms with van der Waals surface area (Å²) in [5.74, 6) is 1.43. The Balaban J connectivity index is 1.90. The lowest BCUT2D eigenvalue weighted by Crippen LogP contribution is -2.68. The van der Waals surface area contributed by atoms with Gasteiger partial charge in [-0.05, 0) is 49.0 Å². The molecule has 1 fully saturated rings. The summed E-state index contributed by atoms with van der Waals surface area (Å²) in [5.41, 5.74) is 0.622. The number of carbonyl (C=O) groups excluding carboxylic acids is 1. The molecule has 4 aliphatic rings. The Morgan fingerprint density at radius 1 is 1.41 bits per heavy atom. The van der Waals surface area contributed by atoms with Gasteiger partial charge in [0.15, 0.2) is 23.4 Å². The van der Waals surface area contributed by atoms with E-state index in [1.54, 1.807) is 13.2 Å². The predicted molar refractivity (Wildman–Crippen MR) is 79.2 cm³/mol. The molecule has 1 aliphatic heterocycles. The van der Waals surface area contributed by atoms with Gasteiger partial charge in [-0.3, -0.25) is 4.79 Å². The summed E-state index contributed by atoms with van der Waals surface area (Å²) in [6.45, 7) is 0. The molecule has 1 N–H and O–H groups in total. The van der Waals surface area contributed by atoms with Crippen molar-refractivity contribution < 1.29 is 19.4 Å².